The van der Waals surface area contributed by atoms with Gasteiger partial charge in [0.25, 0.3) is 5.91 Å². The number of methoxy groups -OCH3 is 1. The third-order valence-corrected chi connectivity index (χ3v) is 5.05. The number of rotatable bonds is 7. The molecule has 0 spiro atoms. The van der Waals surface area contributed by atoms with E-state index in [0.717, 1.165) is 34.6 Å². The lowest BCUT2D eigenvalue weighted by molar-refractivity contribution is 0.0948. The van der Waals surface area contributed by atoms with Gasteiger partial charge in [-0.1, -0.05) is 41.9 Å². The van der Waals surface area contributed by atoms with E-state index in [4.69, 9.17) is 16.3 Å². The molecule has 0 radical (unpaired) electrons. The molecule has 0 unspecified atom stereocenters. The van der Waals surface area contributed by atoms with Gasteiger partial charge in [0.15, 0.2) is 0 Å². The van der Waals surface area contributed by atoms with Crippen molar-refractivity contribution < 1.29 is 9.53 Å². The molecule has 5 heteroatoms. The van der Waals surface area contributed by atoms with Gasteiger partial charge in [0.2, 0.25) is 0 Å². The summed E-state index contributed by atoms with van der Waals surface area (Å²) in [7, 11) is 1.66. The van der Waals surface area contributed by atoms with E-state index in [1.54, 1.807) is 7.11 Å². The lowest BCUT2D eigenvalue weighted by Gasteiger charge is -2.15. The lowest BCUT2D eigenvalue weighted by Crippen LogP contribution is -2.25. The summed E-state index contributed by atoms with van der Waals surface area (Å²) in [5.74, 6) is -0.0730. The standard InChI is InChI=1S/C23H25ClN2O2/c1-16-7-4-5-8-21(16)26-17(2)20(23(27)25-13-6-14-28-3)15-22(26)18-9-11-19(24)12-10-18/h4-5,7-12,15H,6,13-14H2,1-3H3,(H,25,27). The summed E-state index contributed by atoms with van der Waals surface area (Å²) in [5, 5.41) is 3.67. The highest BCUT2D eigenvalue weighted by Gasteiger charge is 2.20. The SMILES string of the molecule is COCCCNC(=O)c1cc(-c2ccc(Cl)cc2)n(-c2ccccc2C)c1C. The Labute approximate surface area is 171 Å². The van der Waals surface area contributed by atoms with Crippen LogP contribution in [0.5, 0.6) is 0 Å². The molecular weight excluding hydrogens is 372 g/mol. The van der Waals surface area contributed by atoms with E-state index in [9.17, 15) is 4.79 Å². The Kier molecular flexibility index (Phi) is 6.55. The van der Waals surface area contributed by atoms with Crippen molar-refractivity contribution in [2.24, 2.45) is 0 Å². The second kappa shape index (κ2) is 9.09. The second-order valence-electron chi connectivity index (χ2n) is 6.76. The van der Waals surface area contributed by atoms with Gasteiger partial charge in [-0.25, -0.2) is 0 Å². The minimum Gasteiger partial charge on any atom is -0.385 e. The van der Waals surface area contributed by atoms with Gasteiger partial charge < -0.3 is 14.6 Å². The van der Waals surface area contributed by atoms with Crippen LogP contribution in [0.1, 0.15) is 28.0 Å². The minimum absolute atomic E-state index is 0.0730. The fraction of sp³-hybridized carbons (Fsp3) is 0.261. The van der Waals surface area contributed by atoms with E-state index in [1.165, 1.54) is 0 Å². The predicted octanol–water partition coefficient (Wildman–Crippen LogP) is 5.18. The number of nitrogens with zero attached hydrogens (tertiary/aromatic N) is 1. The Balaban J connectivity index is 2.06. The van der Waals surface area contributed by atoms with Crippen molar-refractivity contribution in [1.29, 1.82) is 0 Å². The average Bonchev–Trinajstić information content (AvgIpc) is 3.03. The summed E-state index contributed by atoms with van der Waals surface area (Å²) in [5.41, 5.74) is 5.75. The van der Waals surface area contributed by atoms with Gasteiger partial charge in [0.05, 0.1) is 11.3 Å². The first-order valence-electron chi connectivity index (χ1n) is 9.34. The largest absolute Gasteiger partial charge is 0.385 e. The van der Waals surface area contributed by atoms with Crippen LogP contribution in [0.3, 0.4) is 0 Å². The Morgan fingerprint density at radius 1 is 1.11 bits per heavy atom. The third kappa shape index (κ3) is 4.29. The van der Waals surface area contributed by atoms with Crippen LogP contribution in [0, 0.1) is 13.8 Å². The molecule has 4 nitrogen and oxygen atoms in total. The van der Waals surface area contributed by atoms with Crippen LogP contribution in [0.15, 0.2) is 54.6 Å². The molecular formula is C23H25ClN2O2. The van der Waals surface area contributed by atoms with Crippen LogP contribution in [0.4, 0.5) is 0 Å². The number of amides is 1. The molecule has 3 aromatic rings. The molecule has 1 N–H and O–H groups in total. The van der Waals surface area contributed by atoms with E-state index in [1.807, 2.05) is 49.4 Å². The smallest absolute Gasteiger partial charge is 0.253 e. The Morgan fingerprint density at radius 3 is 2.50 bits per heavy atom. The first-order chi connectivity index (χ1) is 13.5. The van der Waals surface area contributed by atoms with Gasteiger partial charge in [0.1, 0.15) is 0 Å². The zero-order chi connectivity index (χ0) is 20.1. The summed E-state index contributed by atoms with van der Waals surface area (Å²) in [6.07, 6.45) is 0.782. The van der Waals surface area contributed by atoms with Crippen LogP contribution in [0.25, 0.3) is 16.9 Å². The van der Waals surface area contributed by atoms with Crippen LogP contribution in [-0.4, -0.2) is 30.7 Å². The molecule has 146 valence electrons. The molecule has 0 aliphatic heterocycles. The first kappa shape index (κ1) is 20.2. The zero-order valence-electron chi connectivity index (χ0n) is 16.5. The van der Waals surface area contributed by atoms with Crippen LogP contribution in [-0.2, 0) is 4.74 Å². The second-order valence-corrected chi connectivity index (χ2v) is 7.20. The molecule has 0 aliphatic rings. The molecule has 0 saturated heterocycles. The summed E-state index contributed by atoms with van der Waals surface area (Å²) in [6, 6.07) is 17.8. The van der Waals surface area contributed by atoms with Crippen molar-refractivity contribution in [2.75, 3.05) is 20.3 Å². The highest BCUT2D eigenvalue weighted by molar-refractivity contribution is 6.30. The lowest BCUT2D eigenvalue weighted by atomic mass is 10.1. The molecule has 1 heterocycles. The number of benzene rings is 2. The van der Waals surface area contributed by atoms with Crippen molar-refractivity contribution in [3.8, 4) is 16.9 Å². The maximum atomic E-state index is 12.8. The van der Waals surface area contributed by atoms with Gasteiger partial charge in [-0.2, -0.15) is 0 Å². The number of hydrogen-bond donors (Lipinski definition) is 1. The summed E-state index contributed by atoms with van der Waals surface area (Å²) in [6.45, 7) is 5.26. The van der Waals surface area contributed by atoms with E-state index in [2.05, 4.69) is 28.9 Å². The number of para-hydroxylation sites is 1. The third-order valence-electron chi connectivity index (χ3n) is 4.80. The van der Waals surface area contributed by atoms with Crippen molar-refractivity contribution in [3.05, 3.63) is 76.4 Å². The van der Waals surface area contributed by atoms with Crippen LogP contribution in [0.2, 0.25) is 5.02 Å². The molecule has 0 atom stereocenters. The Hall–Kier alpha value is -2.56. The molecule has 28 heavy (non-hydrogen) atoms. The zero-order valence-corrected chi connectivity index (χ0v) is 17.2. The fourth-order valence-electron chi connectivity index (χ4n) is 3.31. The van der Waals surface area contributed by atoms with E-state index < -0.39 is 0 Å². The summed E-state index contributed by atoms with van der Waals surface area (Å²) in [4.78, 5) is 12.8. The number of carbonyl (C=O) groups is 1. The van der Waals surface area contributed by atoms with Gasteiger partial charge in [-0.15, -0.1) is 0 Å². The maximum absolute atomic E-state index is 12.8. The first-order valence-corrected chi connectivity index (χ1v) is 9.72. The normalized spacial score (nSPS) is 10.9. The molecule has 2 aromatic carbocycles. The van der Waals surface area contributed by atoms with E-state index >= 15 is 0 Å². The highest BCUT2D eigenvalue weighted by Crippen LogP contribution is 2.31. The van der Waals surface area contributed by atoms with E-state index in [0.29, 0.717) is 23.7 Å². The van der Waals surface area contributed by atoms with Gasteiger partial charge in [-0.3, -0.25) is 4.79 Å². The van der Waals surface area contributed by atoms with Crippen molar-refractivity contribution in [1.82, 2.24) is 9.88 Å². The number of nitrogens with one attached hydrogen (secondary N) is 1. The number of aryl methyl sites for hydroxylation is 1. The quantitative estimate of drug-likeness (QED) is 0.559. The molecule has 3 rings (SSSR count). The van der Waals surface area contributed by atoms with Crippen LogP contribution >= 0.6 is 11.6 Å². The monoisotopic (exact) mass is 396 g/mol. The van der Waals surface area contributed by atoms with Gasteiger partial charge >= 0.3 is 0 Å². The van der Waals surface area contributed by atoms with Crippen molar-refractivity contribution >= 4 is 17.5 Å². The fourth-order valence-corrected chi connectivity index (χ4v) is 3.43. The van der Waals surface area contributed by atoms with Crippen LogP contribution < -0.4 is 5.32 Å². The highest BCUT2D eigenvalue weighted by atomic mass is 35.5. The molecule has 0 aliphatic carbocycles. The average molecular weight is 397 g/mol. The summed E-state index contributed by atoms with van der Waals surface area (Å²) >= 11 is 6.07. The minimum atomic E-state index is -0.0730. The number of hydrogen-bond acceptors (Lipinski definition) is 2. The summed E-state index contributed by atoms with van der Waals surface area (Å²) < 4.78 is 7.19. The molecule has 0 saturated carbocycles. The number of halogens is 1. The predicted molar refractivity (Wildman–Crippen MR) is 115 cm³/mol. The topological polar surface area (TPSA) is 43.3 Å². The number of ether oxygens (including phenoxy) is 1. The van der Waals surface area contributed by atoms with Crippen molar-refractivity contribution in [2.45, 2.75) is 20.3 Å². The Bertz CT molecular complexity index is 961. The molecule has 0 fully saturated rings. The molecule has 1 aromatic heterocycles. The number of carbonyl (C=O) groups excluding carboxylic acids is 1. The van der Waals surface area contributed by atoms with Crippen molar-refractivity contribution in [3.63, 3.8) is 0 Å². The Morgan fingerprint density at radius 2 is 1.82 bits per heavy atom. The number of aromatic nitrogens is 1. The van der Waals surface area contributed by atoms with Gasteiger partial charge in [0, 0.05) is 36.7 Å². The van der Waals surface area contributed by atoms with Gasteiger partial charge in [-0.05, 0) is 55.7 Å². The maximum Gasteiger partial charge on any atom is 0.253 e. The molecule has 0 bridgehead atoms. The molecule has 1 amide bonds. The van der Waals surface area contributed by atoms with E-state index in [-0.39, 0.29) is 5.91 Å².